The molecule has 0 radical (unpaired) electrons. The standard InChI is InChI=1S/C16H20N4O2S/c1-10-5-6-11-12(8-10)19-16(18-11)23-9-14(21)20-7-3-2-4-13(20)15(17)22/h5-6,8,13H,2-4,7,9H2,1H3,(H2,17,22)(H,18,19)/t13-/m1/s1. The predicted molar refractivity (Wildman–Crippen MR) is 90.1 cm³/mol. The number of nitrogens with two attached hydrogens (primary N) is 1. The van der Waals surface area contributed by atoms with E-state index < -0.39 is 11.9 Å². The molecule has 0 spiro atoms. The third-order valence-corrected chi connectivity index (χ3v) is 4.96. The highest BCUT2D eigenvalue weighted by atomic mass is 32.2. The van der Waals surface area contributed by atoms with E-state index in [2.05, 4.69) is 9.97 Å². The zero-order valence-electron chi connectivity index (χ0n) is 13.0. The van der Waals surface area contributed by atoms with Crippen molar-refractivity contribution in [3.63, 3.8) is 0 Å². The molecule has 1 aromatic carbocycles. The quantitative estimate of drug-likeness (QED) is 0.836. The van der Waals surface area contributed by atoms with Gasteiger partial charge < -0.3 is 15.6 Å². The molecule has 3 N–H and O–H groups in total. The van der Waals surface area contributed by atoms with E-state index in [9.17, 15) is 9.59 Å². The van der Waals surface area contributed by atoms with Gasteiger partial charge >= 0.3 is 0 Å². The first-order valence-electron chi connectivity index (χ1n) is 7.72. The van der Waals surface area contributed by atoms with E-state index in [1.165, 1.54) is 11.8 Å². The Balaban J connectivity index is 1.66. The summed E-state index contributed by atoms with van der Waals surface area (Å²) >= 11 is 1.36. The maximum atomic E-state index is 12.4. The molecule has 6 nitrogen and oxygen atoms in total. The van der Waals surface area contributed by atoms with E-state index in [-0.39, 0.29) is 11.7 Å². The first kappa shape index (κ1) is 15.9. The van der Waals surface area contributed by atoms with Crippen molar-refractivity contribution < 1.29 is 9.59 Å². The Morgan fingerprint density at radius 2 is 2.26 bits per heavy atom. The summed E-state index contributed by atoms with van der Waals surface area (Å²) in [5, 5.41) is 0.714. The van der Waals surface area contributed by atoms with Gasteiger partial charge in [0.05, 0.1) is 16.8 Å². The topological polar surface area (TPSA) is 92.1 Å². The van der Waals surface area contributed by atoms with Crippen molar-refractivity contribution in [2.45, 2.75) is 37.4 Å². The first-order chi connectivity index (χ1) is 11.0. The van der Waals surface area contributed by atoms with E-state index in [0.29, 0.717) is 18.1 Å². The Bertz CT molecular complexity index is 743. The molecule has 2 heterocycles. The second-order valence-electron chi connectivity index (χ2n) is 5.85. The minimum Gasteiger partial charge on any atom is -0.368 e. The van der Waals surface area contributed by atoms with Crippen molar-refractivity contribution in [2.75, 3.05) is 12.3 Å². The fraction of sp³-hybridized carbons (Fsp3) is 0.438. The SMILES string of the molecule is Cc1ccc2nc(SCC(=O)N3CCCC[C@@H]3C(N)=O)[nH]c2c1. The van der Waals surface area contributed by atoms with Gasteiger partial charge in [-0.2, -0.15) is 0 Å². The number of fused-ring (bicyclic) bond motifs is 1. The van der Waals surface area contributed by atoms with Crippen LogP contribution in [0.3, 0.4) is 0 Å². The van der Waals surface area contributed by atoms with Crippen LogP contribution in [0.1, 0.15) is 24.8 Å². The van der Waals surface area contributed by atoms with E-state index in [1.54, 1.807) is 4.90 Å². The number of likely N-dealkylation sites (tertiary alicyclic amines) is 1. The number of H-pyrrole nitrogens is 1. The minimum absolute atomic E-state index is 0.0601. The second-order valence-corrected chi connectivity index (χ2v) is 6.82. The number of amides is 2. The molecule has 2 amide bonds. The predicted octanol–water partition coefficient (Wildman–Crippen LogP) is 1.83. The molecule has 0 bridgehead atoms. The van der Waals surface area contributed by atoms with Gasteiger partial charge in [0.25, 0.3) is 0 Å². The number of primary amides is 1. The van der Waals surface area contributed by atoms with Crippen LogP contribution in [0.4, 0.5) is 0 Å². The summed E-state index contributed by atoms with van der Waals surface area (Å²) in [6.07, 6.45) is 2.52. The highest BCUT2D eigenvalue weighted by molar-refractivity contribution is 7.99. The number of rotatable bonds is 4. The average Bonchev–Trinajstić information content (AvgIpc) is 2.94. The summed E-state index contributed by atoms with van der Waals surface area (Å²) in [6, 6.07) is 5.53. The number of aromatic nitrogens is 2. The second kappa shape index (κ2) is 6.62. The molecule has 23 heavy (non-hydrogen) atoms. The molecule has 122 valence electrons. The summed E-state index contributed by atoms with van der Waals surface area (Å²) < 4.78 is 0. The molecule has 1 aliphatic rings. The Labute approximate surface area is 138 Å². The van der Waals surface area contributed by atoms with Crippen LogP contribution in [0.25, 0.3) is 11.0 Å². The van der Waals surface area contributed by atoms with Crippen molar-refractivity contribution in [1.82, 2.24) is 14.9 Å². The molecule has 3 rings (SSSR count). The van der Waals surface area contributed by atoms with Crippen molar-refractivity contribution in [2.24, 2.45) is 5.73 Å². The molecule has 1 aliphatic heterocycles. The van der Waals surface area contributed by atoms with Gasteiger partial charge in [-0.1, -0.05) is 17.8 Å². The number of piperidine rings is 1. The van der Waals surface area contributed by atoms with E-state index in [4.69, 9.17) is 5.73 Å². The fourth-order valence-corrected chi connectivity index (χ4v) is 3.68. The summed E-state index contributed by atoms with van der Waals surface area (Å²) in [4.78, 5) is 33.2. The molecule has 2 aromatic rings. The molecule has 1 fully saturated rings. The number of nitrogens with one attached hydrogen (secondary N) is 1. The Hall–Kier alpha value is -2.02. The molecule has 1 atom stereocenters. The van der Waals surface area contributed by atoms with Crippen molar-refractivity contribution in [3.8, 4) is 0 Å². The number of nitrogens with zero attached hydrogens (tertiary/aromatic N) is 2. The van der Waals surface area contributed by atoms with Crippen molar-refractivity contribution in [1.29, 1.82) is 0 Å². The number of hydrogen-bond donors (Lipinski definition) is 2. The molecule has 0 aliphatic carbocycles. The molecule has 7 heteroatoms. The first-order valence-corrected chi connectivity index (χ1v) is 8.71. The number of benzene rings is 1. The van der Waals surface area contributed by atoms with Gasteiger partial charge in [0, 0.05) is 6.54 Å². The molecule has 0 saturated carbocycles. The van der Waals surface area contributed by atoms with E-state index in [1.807, 2.05) is 25.1 Å². The third-order valence-electron chi connectivity index (χ3n) is 4.10. The fourth-order valence-electron chi connectivity index (χ4n) is 2.91. The van der Waals surface area contributed by atoms with Crippen molar-refractivity contribution in [3.05, 3.63) is 23.8 Å². The average molecular weight is 332 g/mol. The van der Waals surface area contributed by atoms with Gasteiger partial charge in [-0.05, 0) is 43.9 Å². The van der Waals surface area contributed by atoms with Gasteiger partial charge in [0.1, 0.15) is 6.04 Å². The smallest absolute Gasteiger partial charge is 0.240 e. The molecule has 1 aromatic heterocycles. The van der Waals surface area contributed by atoms with Crippen LogP contribution in [-0.4, -0.2) is 45.0 Å². The van der Waals surface area contributed by atoms with Crippen LogP contribution in [0.5, 0.6) is 0 Å². The monoisotopic (exact) mass is 332 g/mol. The lowest BCUT2D eigenvalue weighted by molar-refractivity contribution is -0.138. The Morgan fingerprint density at radius 3 is 3.04 bits per heavy atom. The maximum absolute atomic E-state index is 12.4. The normalized spacial score (nSPS) is 18.3. The zero-order chi connectivity index (χ0) is 16.4. The lowest BCUT2D eigenvalue weighted by Gasteiger charge is -2.33. The van der Waals surface area contributed by atoms with Crippen LogP contribution in [0.2, 0.25) is 0 Å². The molecular formula is C16H20N4O2S. The largest absolute Gasteiger partial charge is 0.368 e. The zero-order valence-corrected chi connectivity index (χ0v) is 13.9. The number of aromatic amines is 1. The van der Waals surface area contributed by atoms with Crippen LogP contribution in [0.15, 0.2) is 23.4 Å². The highest BCUT2D eigenvalue weighted by Gasteiger charge is 2.30. The van der Waals surface area contributed by atoms with Gasteiger partial charge in [0.15, 0.2) is 5.16 Å². The Kier molecular flexibility index (Phi) is 4.56. The summed E-state index contributed by atoms with van der Waals surface area (Å²) in [5.41, 5.74) is 8.42. The number of thioether (sulfide) groups is 1. The number of imidazole rings is 1. The number of carbonyl (C=O) groups excluding carboxylic acids is 2. The number of hydrogen-bond acceptors (Lipinski definition) is 4. The molecule has 0 unspecified atom stereocenters. The van der Waals surface area contributed by atoms with Crippen LogP contribution in [-0.2, 0) is 9.59 Å². The maximum Gasteiger partial charge on any atom is 0.240 e. The lowest BCUT2D eigenvalue weighted by Crippen LogP contribution is -2.51. The van der Waals surface area contributed by atoms with Crippen LogP contribution < -0.4 is 5.73 Å². The third kappa shape index (κ3) is 3.50. The summed E-state index contributed by atoms with van der Waals surface area (Å²) in [5.74, 6) is -0.222. The van der Waals surface area contributed by atoms with Gasteiger partial charge in [-0.25, -0.2) is 4.98 Å². The number of aryl methyl sites for hydroxylation is 1. The molecule has 1 saturated heterocycles. The summed E-state index contributed by atoms with van der Waals surface area (Å²) in [7, 11) is 0. The van der Waals surface area contributed by atoms with E-state index >= 15 is 0 Å². The Morgan fingerprint density at radius 1 is 1.43 bits per heavy atom. The van der Waals surface area contributed by atoms with Gasteiger partial charge in [-0.15, -0.1) is 0 Å². The lowest BCUT2D eigenvalue weighted by atomic mass is 10.0. The van der Waals surface area contributed by atoms with E-state index in [0.717, 1.165) is 29.4 Å². The van der Waals surface area contributed by atoms with Crippen LogP contribution in [0, 0.1) is 6.92 Å². The highest BCUT2D eigenvalue weighted by Crippen LogP contribution is 2.23. The minimum atomic E-state index is -0.463. The summed E-state index contributed by atoms with van der Waals surface area (Å²) in [6.45, 7) is 2.63. The molecular weight excluding hydrogens is 312 g/mol. The van der Waals surface area contributed by atoms with Crippen molar-refractivity contribution >= 4 is 34.6 Å². The van der Waals surface area contributed by atoms with Gasteiger partial charge in [0.2, 0.25) is 11.8 Å². The van der Waals surface area contributed by atoms with Gasteiger partial charge in [-0.3, -0.25) is 9.59 Å². The number of carbonyl (C=O) groups is 2. The van der Waals surface area contributed by atoms with Crippen LogP contribution >= 0.6 is 11.8 Å².